The van der Waals surface area contributed by atoms with Crippen LogP contribution in [0.5, 0.6) is 0 Å². The van der Waals surface area contributed by atoms with Gasteiger partial charge in [0.2, 0.25) is 0 Å². The lowest BCUT2D eigenvalue weighted by Crippen LogP contribution is -2.34. The first-order valence-electron chi connectivity index (χ1n) is 6.59. The second-order valence-electron chi connectivity index (χ2n) is 5.19. The van der Waals surface area contributed by atoms with E-state index in [1.54, 1.807) is 6.07 Å². The Balaban J connectivity index is 1.81. The van der Waals surface area contributed by atoms with Gasteiger partial charge in [0, 0.05) is 18.6 Å². The molecule has 1 aromatic rings. The van der Waals surface area contributed by atoms with Gasteiger partial charge >= 0.3 is 0 Å². The maximum Gasteiger partial charge on any atom is 0.183 e. The zero-order valence-corrected chi connectivity index (χ0v) is 10.5. The quantitative estimate of drug-likeness (QED) is 0.891. The van der Waals surface area contributed by atoms with Crippen LogP contribution in [0.3, 0.4) is 0 Å². The van der Waals surface area contributed by atoms with Crippen LogP contribution in [0.25, 0.3) is 0 Å². The SMILES string of the molecule is N#Cc1ccc(NC2CCN3CCCC23)c(F)c1F. The van der Waals surface area contributed by atoms with Gasteiger partial charge in [-0.15, -0.1) is 0 Å². The second-order valence-corrected chi connectivity index (χ2v) is 5.19. The number of nitrogens with zero attached hydrogens (tertiary/aromatic N) is 2. The van der Waals surface area contributed by atoms with Crippen LogP contribution < -0.4 is 5.32 Å². The Morgan fingerprint density at radius 2 is 2.05 bits per heavy atom. The fourth-order valence-corrected chi connectivity index (χ4v) is 3.20. The van der Waals surface area contributed by atoms with Gasteiger partial charge in [0.25, 0.3) is 0 Å². The maximum absolute atomic E-state index is 13.8. The molecule has 0 saturated carbocycles. The zero-order chi connectivity index (χ0) is 13.4. The van der Waals surface area contributed by atoms with E-state index in [2.05, 4.69) is 10.2 Å². The van der Waals surface area contributed by atoms with Gasteiger partial charge in [0.05, 0.1) is 11.3 Å². The molecule has 0 aromatic heterocycles. The van der Waals surface area contributed by atoms with Crippen LogP contribution in [0.2, 0.25) is 0 Å². The summed E-state index contributed by atoms with van der Waals surface area (Å²) in [5.74, 6) is -2.01. The van der Waals surface area contributed by atoms with Crippen molar-refractivity contribution in [1.29, 1.82) is 5.26 Å². The standard InChI is InChI=1S/C14H15F2N3/c15-13-9(8-17)3-4-11(14(13)16)18-10-5-7-19-6-1-2-12(10)19/h3-4,10,12,18H,1-2,5-7H2. The Kier molecular flexibility index (Phi) is 3.11. The molecule has 19 heavy (non-hydrogen) atoms. The van der Waals surface area contributed by atoms with Crippen molar-refractivity contribution in [2.75, 3.05) is 18.4 Å². The summed E-state index contributed by atoms with van der Waals surface area (Å²) in [6.45, 7) is 2.12. The predicted octanol–water partition coefficient (Wildman–Crippen LogP) is 2.49. The minimum atomic E-state index is -1.06. The van der Waals surface area contributed by atoms with Crippen LogP contribution in [-0.2, 0) is 0 Å². The number of nitrogens with one attached hydrogen (secondary N) is 1. The van der Waals surface area contributed by atoms with Gasteiger partial charge in [-0.25, -0.2) is 8.78 Å². The molecular weight excluding hydrogens is 248 g/mol. The third-order valence-electron chi connectivity index (χ3n) is 4.15. The zero-order valence-electron chi connectivity index (χ0n) is 10.5. The summed E-state index contributed by atoms with van der Waals surface area (Å²) in [6.07, 6.45) is 3.23. The van der Waals surface area contributed by atoms with E-state index in [1.807, 2.05) is 0 Å². The van der Waals surface area contributed by atoms with Crippen LogP contribution in [0.4, 0.5) is 14.5 Å². The molecule has 2 heterocycles. The Morgan fingerprint density at radius 3 is 2.84 bits per heavy atom. The molecule has 5 heteroatoms. The summed E-state index contributed by atoms with van der Waals surface area (Å²) >= 11 is 0. The summed E-state index contributed by atoms with van der Waals surface area (Å²) in [6, 6.07) is 5.02. The van der Waals surface area contributed by atoms with Crippen molar-refractivity contribution in [2.24, 2.45) is 0 Å². The number of hydrogen-bond acceptors (Lipinski definition) is 3. The van der Waals surface area contributed by atoms with Gasteiger partial charge in [-0.3, -0.25) is 4.90 Å². The van der Waals surface area contributed by atoms with Crippen molar-refractivity contribution < 1.29 is 8.78 Å². The van der Waals surface area contributed by atoms with E-state index < -0.39 is 11.6 Å². The maximum atomic E-state index is 13.8. The van der Waals surface area contributed by atoms with Crippen molar-refractivity contribution in [3.05, 3.63) is 29.3 Å². The molecular formula is C14H15F2N3. The Hall–Kier alpha value is -1.67. The fourth-order valence-electron chi connectivity index (χ4n) is 3.20. The average Bonchev–Trinajstić information content (AvgIpc) is 3.00. The highest BCUT2D eigenvalue weighted by atomic mass is 19.2. The number of anilines is 1. The number of rotatable bonds is 2. The normalized spacial score (nSPS) is 26.2. The van der Waals surface area contributed by atoms with Crippen molar-refractivity contribution in [2.45, 2.75) is 31.3 Å². The first-order valence-corrected chi connectivity index (χ1v) is 6.59. The van der Waals surface area contributed by atoms with E-state index in [9.17, 15) is 8.78 Å². The van der Waals surface area contributed by atoms with Crippen molar-refractivity contribution in [3.8, 4) is 6.07 Å². The molecule has 0 amide bonds. The van der Waals surface area contributed by atoms with E-state index in [0.29, 0.717) is 6.04 Å². The Morgan fingerprint density at radius 1 is 1.21 bits per heavy atom. The van der Waals surface area contributed by atoms with Gasteiger partial charge < -0.3 is 5.32 Å². The number of halogens is 2. The van der Waals surface area contributed by atoms with Crippen molar-refractivity contribution in [1.82, 2.24) is 4.90 Å². The molecule has 1 aromatic carbocycles. The van der Waals surface area contributed by atoms with E-state index in [4.69, 9.17) is 5.26 Å². The van der Waals surface area contributed by atoms with E-state index >= 15 is 0 Å². The number of fused-ring (bicyclic) bond motifs is 1. The summed E-state index contributed by atoms with van der Waals surface area (Å²) in [7, 11) is 0. The van der Waals surface area contributed by atoms with Crippen LogP contribution >= 0.6 is 0 Å². The third kappa shape index (κ3) is 2.06. The molecule has 0 aliphatic carbocycles. The topological polar surface area (TPSA) is 39.1 Å². The summed E-state index contributed by atoms with van der Waals surface area (Å²) in [4.78, 5) is 2.40. The van der Waals surface area contributed by atoms with Gasteiger partial charge in [0.15, 0.2) is 11.6 Å². The van der Waals surface area contributed by atoms with Gasteiger partial charge in [-0.2, -0.15) is 5.26 Å². The van der Waals surface area contributed by atoms with E-state index in [0.717, 1.165) is 25.9 Å². The molecule has 0 radical (unpaired) electrons. The number of hydrogen-bond donors (Lipinski definition) is 1. The summed E-state index contributed by atoms with van der Waals surface area (Å²) in [5, 5.41) is 11.8. The molecule has 0 bridgehead atoms. The highest BCUT2D eigenvalue weighted by molar-refractivity contribution is 5.50. The summed E-state index contributed by atoms with van der Waals surface area (Å²) < 4.78 is 27.4. The molecule has 3 nitrogen and oxygen atoms in total. The Bertz CT molecular complexity index is 538. The molecule has 2 aliphatic rings. The molecule has 2 aliphatic heterocycles. The Labute approximate surface area is 110 Å². The van der Waals surface area contributed by atoms with E-state index in [-0.39, 0.29) is 17.3 Å². The molecule has 100 valence electrons. The predicted molar refractivity (Wildman–Crippen MR) is 67.7 cm³/mol. The van der Waals surface area contributed by atoms with E-state index in [1.165, 1.54) is 18.6 Å². The first-order chi connectivity index (χ1) is 9.20. The lowest BCUT2D eigenvalue weighted by atomic mass is 10.1. The number of nitriles is 1. The minimum absolute atomic E-state index is 0.162. The average molecular weight is 263 g/mol. The van der Waals surface area contributed by atoms with Gasteiger partial charge in [0.1, 0.15) is 6.07 Å². The van der Waals surface area contributed by atoms with Crippen LogP contribution in [0, 0.1) is 23.0 Å². The number of benzene rings is 1. The minimum Gasteiger partial charge on any atom is -0.378 e. The second kappa shape index (κ2) is 4.78. The summed E-state index contributed by atoms with van der Waals surface area (Å²) in [5.41, 5.74) is -0.0905. The molecule has 2 unspecified atom stereocenters. The first kappa shape index (κ1) is 12.4. The molecule has 2 fully saturated rings. The molecule has 0 spiro atoms. The largest absolute Gasteiger partial charge is 0.378 e. The molecule has 1 N–H and O–H groups in total. The lowest BCUT2D eigenvalue weighted by molar-refractivity contribution is 0.318. The highest BCUT2D eigenvalue weighted by Crippen LogP contribution is 2.31. The fraction of sp³-hybridized carbons (Fsp3) is 0.500. The van der Waals surface area contributed by atoms with Crippen LogP contribution in [0.15, 0.2) is 12.1 Å². The molecule has 2 saturated heterocycles. The molecule has 3 rings (SSSR count). The van der Waals surface area contributed by atoms with Crippen molar-refractivity contribution in [3.63, 3.8) is 0 Å². The van der Waals surface area contributed by atoms with Gasteiger partial charge in [-0.1, -0.05) is 0 Å². The highest BCUT2D eigenvalue weighted by Gasteiger charge is 2.37. The van der Waals surface area contributed by atoms with Gasteiger partial charge in [-0.05, 0) is 37.9 Å². The third-order valence-corrected chi connectivity index (χ3v) is 4.15. The molecule has 2 atom stereocenters. The lowest BCUT2D eigenvalue weighted by Gasteiger charge is -2.22. The van der Waals surface area contributed by atoms with Crippen molar-refractivity contribution >= 4 is 5.69 Å². The van der Waals surface area contributed by atoms with Crippen LogP contribution in [0.1, 0.15) is 24.8 Å². The smallest absolute Gasteiger partial charge is 0.183 e. The monoisotopic (exact) mass is 263 g/mol. The van der Waals surface area contributed by atoms with Crippen LogP contribution in [-0.4, -0.2) is 30.1 Å².